The SMILES string of the molecule is CC(CNC(=O)CCCC[C@@H]1SC[C@@H]2NC(=O)N[C@@H]21)CC(=O)O. The van der Waals surface area contributed by atoms with Crippen molar-refractivity contribution in [2.24, 2.45) is 5.92 Å². The summed E-state index contributed by atoms with van der Waals surface area (Å²) in [4.78, 5) is 33.6. The number of aliphatic carboxylic acids is 1. The number of thioether (sulfide) groups is 1. The monoisotopic (exact) mass is 343 g/mol. The Morgan fingerprint density at radius 2 is 2.17 bits per heavy atom. The van der Waals surface area contributed by atoms with E-state index in [-0.39, 0.29) is 36.4 Å². The van der Waals surface area contributed by atoms with E-state index in [1.807, 2.05) is 18.7 Å². The van der Waals surface area contributed by atoms with Crippen LogP contribution in [0.25, 0.3) is 0 Å². The minimum absolute atomic E-state index is 0.0185. The second-order valence-electron chi connectivity index (χ2n) is 6.37. The Morgan fingerprint density at radius 1 is 1.39 bits per heavy atom. The lowest BCUT2D eigenvalue weighted by Gasteiger charge is -2.16. The summed E-state index contributed by atoms with van der Waals surface area (Å²) in [5.74, 6) is 0.0418. The molecule has 0 aromatic carbocycles. The van der Waals surface area contributed by atoms with Gasteiger partial charge in [0, 0.05) is 30.4 Å². The van der Waals surface area contributed by atoms with Gasteiger partial charge in [0.15, 0.2) is 0 Å². The van der Waals surface area contributed by atoms with Crippen molar-refractivity contribution >= 4 is 29.7 Å². The average Bonchev–Trinajstić information content (AvgIpc) is 3.00. The number of unbranched alkanes of at least 4 members (excludes halogenated alkanes) is 1. The lowest BCUT2D eigenvalue weighted by atomic mass is 10.0. The number of nitrogens with one attached hydrogen (secondary N) is 3. The molecular formula is C15H25N3O4S. The topological polar surface area (TPSA) is 108 Å². The highest BCUT2D eigenvalue weighted by atomic mass is 32.2. The van der Waals surface area contributed by atoms with E-state index in [2.05, 4.69) is 16.0 Å². The van der Waals surface area contributed by atoms with Crippen LogP contribution in [0.4, 0.5) is 4.79 Å². The molecule has 4 atom stereocenters. The van der Waals surface area contributed by atoms with E-state index in [1.165, 1.54) is 0 Å². The molecule has 2 aliphatic heterocycles. The number of hydrogen-bond acceptors (Lipinski definition) is 4. The van der Waals surface area contributed by atoms with Crippen LogP contribution in [0.1, 0.15) is 39.0 Å². The van der Waals surface area contributed by atoms with Gasteiger partial charge in [-0.05, 0) is 18.8 Å². The van der Waals surface area contributed by atoms with E-state index in [0.717, 1.165) is 25.0 Å². The van der Waals surface area contributed by atoms with Gasteiger partial charge in [0.1, 0.15) is 0 Å². The smallest absolute Gasteiger partial charge is 0.315 e. The van der Waals surface area contributed by atoms with Gasteiger partial charge in [-0.15, -0.1) is 0 Å². The fourth-order valence-corrected chi connectivity index (χ4v) is 4.56. The fraction of sp³-hybridized carbons (Fsp3) is 0.800. The third kappa shape index (κ3) is 5.60. The van der Waals surface area contributed by atoms with Gasteiger partial charge in [-0.3, -0.25) is 9.59 Å². The molecule has 2 aliphatic rings. The Kier molecular flexibility index (Phi) is 6.56. The van der Waals surface area contributed by atoms with Crippen LogP contribution in [-0.2, 0) is 9.59 Å². The van der Waals surface area contributed by atoms with Crippen molar-refractivity contribution < 1.29 is 19.5 Å². The first kappa shape index (κ1) is 17.9. The van der Waals surface area contributed by atoms with Crippen molar-refractivity contribution in [3.8, 4) is 0 Å². The maximum absolute atomic E-state index is 11.7. The third-order valence-corrected chi connectivity index (χ3v) is 5.76. The fourth-order valence-electron chi connectivity index (χ4n) is 3.02. The molecule has 0 aromatic heterocycles. The van der Waals surface area contributed by atoms with Gasteiger partial charge in [-0.2, -0.15) is 11.8 Å². The minimum Gasteiger partial charge on any atom is -0.481 e. The van der Waals surface area contributed by atoms with Crippen molar-refractivity contribution in [1.29, 1.82) is 0 Å². The second kappa shape index (κ2) is 8.42. The number of amides is 3. The quantitative estimate of drug-likeness (QED) is 0.368. The summed E-state index contributed by atoms with van der Waals surface area (Å²) in [5, 5.41) is 17.8. The van der Waals surface area contributed by atoms with Crippen LogP contribution >= 0.6 is 11.8 Å². The van der Waals surface area contributed by atoms with Gasteiger partial charge in [-0.25, -0.2) is 4.79 Å². The maximum Gasteiger partial charge on any atom is 0.315 e. The zero-order valence-electron chi connectivity index (χ0n) is 13.3. The van der Waals surface area contributed by atoms with E-state index in [1.54, 1.807) is 0 Å². The molecule has 2 rings (SSSR count). The highest BCUT2D eigenvalue weighted by Gasteiger charge is 2.42. The molecule has 0 spiro atoms. The Balaban J connectivity index is 1.54. The highest BCUT2D eigenvalue weighted by molar-refractivity contribution is 8.00. The average molecular weight is 343 g/mol. The van der Waals surface area contributed by atoms with Crippen molar-refractivity contribution in [2.75, 3.05) is 12.3 Å². The number of rotatable bonds is 9. The Morgan fingerprint density at radius 3 is 2.91 bits per heavy atom. The van der Waals surface area contributed by atoms with Crippen LogP contribution in [-0.4, -0.2) is 52.6 Å². The minimum atomic E-state index is -0.840. The van der Waals surface area contributed by atoms with Crippen LogP contribution in [0.3, 0.4) is 0 Å². The summed E-state index contributed by atoms with van der Waals surface area (Å²) in [6.07, 6.45) is 3.30. The normalized spacial score (nSPS) is 27.0. The first-order valence-electron chi connectivity index (χ1n) is 8.13. The van der Waals surface area contributed by atoms with E-state index < -0.39 is 5.97 Å². The van der Waals surface area contributed by atoms with Gasteiger partial charge >= 0.3 is 12.0 Å². The molecule has 3 amide bonds. The molecule has 0 aliphatic carbocycles. The second-order valence-corrected chi connectivity index (χ2v) is 7.65. The number of urea groups is 1. The van der Waals surface area contributed by atoms with Gasteiger partial charge in [0.05, 0.1) is 12.1 Å². The number of fused-ring (bicyclic) bond motifs is 1. The molecule has 130 valence electrons. The molecule has 0 bridgehead atoms. The molecule has 2 saturated heterocycles. The van der Waals surface area contributed by atoms with Crippen molar-refractivity contribution in [2.45, 2.75) is 56.4 Å². The van der Waals surface area contributed by atoms with Gasteiger partial charge in [0.25, 0.3) is 0 Å². The Bertz CT molecular complexity index is 460. The van der Waals surface area contributed by atoms with Crippen molar-refractivity contribution in [3.05, 3.63) is 0 Å². The van der Waals surface area contributed by atoms with E-state index >= 15 is 0 Å². The highest BCUT2D eigenvalue weighted by Crippen LogP contribution is 2.33. The lowest BCUT2D eigenvalue weighted by Crippen LogP contribution is -2.36. The third-order valence-electron chi connectivity index (χ3n) is 4.25. The predicted molar refractivity (Wildman–Crippen MR) is 88.4 cm³/mol. The number of carbonyl (C=O) groups is 3. The molecule has 0 saturated carbocycles. The molecule has 0 aromatic rings. The zero-order chi connectivity index (χ0) is 16.8. The Labute approximate surface area is 140 Å². The molecule has 0 radical (unpaired) electrons. The maximum atomic E-state index is 11.7. The largest absolute Gasteiger partial charge is 0.481 e. The van der Waals surface area contributed by atoms with Crippen molar-refractivity contribution in [1.82, 2.24) is 16.0 Å². The lowest BCUT2D eigenvalue weighted by molar-refractivity contribution is -0.138. The molecule has 2 fully saturated rings. The summed E-state index contributed by atoms with van der Waals surface area (Å²) in [6, 6.07) is 0.398. The van der Waals surface area contributed by atoms with Gasteiger partial charge < -0.3 is 21.1 Å². The van der Waals surface area contributed by atoms with E-state index in [0.29, 0.717) is 18.2 Å². The molecular weight excluding hydrogens is 318 g/mol. The van der Waals surface area contributed by atoms with Crippen LogP contribution in [0, 0.1) is 5.92 Å². The molecule has 23 heavy (non-hydrogen) atoms. The van der Waals surface area contributed by atoms with Gasteiger partial charge in [-0.1, -0.05) is 13.3 Å². The number of carbonyl (C=O) groups excluding carboxylic acids is 2. The number of hydrogen-bond donors (Lipinski definition) is 4. The summed E-state index contributed by atoms with van der Waals surface area (Å²) in [7, 11) is 0. The van der Waals surface area contributed by atoms with E-state index in [9.17, 15) is 14.4 Å². The zero-order valence-corrected chi connectivity index (χ0v) is 14.2. The van der Waals surface area contributed by atoms with Crippen LogP contribution in [0.15, 0.2) is 0 Å². The molecule has 8 heteroatoms. The predicted octanol–water partition coefficient (Wildman–Crippen LogP) is 0.939. The van der Waals surface area contributed by atoms with Crippen LogP contribution < -0.4 is 16.0 Å². The molecule has 2 heterocycles. The molecule has 7 nitrogen and oxygen atoms in total. The van der Waals surface area contributed by atoms with Crippen LogP contribution in [0.2, 0.25) is 0 Å². The summed E-state index contributed by atoms with van der Waals surface area (Å²) in [5.41, 5.74) is 0. The summed E-state index contributed by atoms with van der Waals surface area (Å²) in [6.45, 7) is 2.22. The number of carboxylic acid groups (broad SMARTS) is 1. The molecule has 4 N–H and O–H groups in total. The van der Waals surface area contributed by atoms with E-state index in [4.69, 9.17) is 5.11 Å². The van der Waals surface area contributed by atoms with Crippen LogP contribution in [0.5, 0.6) is 0 Å². The van der Waals surface area contributed by atoms with Gasteiger partial charge in [0.2, 0.25) is 5.91 Å². The van der Waals surface area contributed by atoms with Crippen molar-refractivity contribution in [3.63, 3.8) is 0 Å². The number of carboxylic acids is 1. The molecule has 1 unspecified atom stereocenters. The Hall–Kier alpha value is -1.44. The summed E-state index contributed by atoms with van der Waals surface area (Å²) < 4.78 is 0. The first-order chi connectivity index (χ1) is 11.0. The summed E-state index contributed by atoms with van der Waals surface area (Å²) >= 11 is 1.88. The standard InChI is InChI=1S/C15H25N3O4S/c1-9(6-13(20)21)7-16-12(19)5-3-2-4-11-14-10(8-23-11)17-15(22)18-14/h9-11,14H,2-8H2,1H3,(H,16,19)(H,20,21)(H2,17,18,22)/t9?,10-,11-,14-/m0/s1. The first-order valence-corrected chi connectivity index (χ1v) is 9.17.